The van der Waals surface area contributed by atoms with E-state index in [2.05, 4.69) is 31.0 Å². The van der Waals surface area contributed by atoms with Crippen LogP contribution < -0.4 is 5.32 Å². The number of nitrogens with one attached hydrogen (secondary N) is 1. The number of hydrogen-bond donors (Lipinski definition) is 1. The molecule has 0 aromatic rings. The van der Waals surface area contributed by atoms with Gasteiger partial charge in [-0.1, -0.05) is 13.3 Å². The van der Waals surface area contributed by atoms with Gasteiger partial charge < -0.3 is 10.2 Å². The smallest absolute Gasteiger partial charge is 0.0125 e. The van der Waals surface area contributed by atoms with Crippen LogP contribution in [-0.2, 0) is 0 Å². The quantitative estimate of drug-likeness (QED) is 0.653. The van der Waals surface area contributed by atoms with Gasteiger partial charge in [0.2, 0.25) is 0 Å². The highest BCUT2D eigenvalue weighted by atomic mass is 15.1. The second-order valence-corrected chi connectivity index (χ2v) is 5.46. The fraction of sp³-hybridized carbons (Fsp3) is 1.00. The van der Waals surface area contributed by atoms with Crippen LogP contribution >= 0.6 is 0 Å². The Morgan fingerprint density at radius 1 is 1.20 bits per heavy atom. The van der Waals surface area contributed by atoms with Crippen molar-refractivity contribution in [1.29, 1.82) is 0 Å². The molecule has 90 valence electrons. The van der Waals surface area contributed by atoms with Gasteiger partial charge in [-0.05, 0) is 65.7 Å². The third-order valence-corrected chi connectivity index (χ3v) is 3.33. The van der Waals surface area contributed by atoms with E-state index in [0.29, 0.717) is 5.54 Å². The van der Waals surface area contributed by atoms with Crippen LogP contribution in [-0.4, -0.2) is 36.6 Å². The lowest BCUT2D eigenvalue weighted by Gasteiger charge is -2.26. The molecule has 0 amide bonds. The monoisotopic (exact) mass is 212 g/mol. The van der Waals surface area contributed by atoms with Gasteiger partial charge in [0.25, 0.3) is 0 Å². The SMILES string of the molecule is CCCC(C)(C)NCCCN1CCCC1. The first-order chi connectivity index (χ1) is 7.14. The molecule has 1 aliphatic rings. The molecule has 0 radical (unpaired) electrons. The van der Waals surface area contributed by atoms with Crippen LogP contribution in [0.15, 0.2) is 0 Å². The molecular formula is C13H28N2. The van der Waals surface area contributed by atoms with Gasteiger partial charge in [-0.2, -0.15) is 0 Å². The van der Waals surface area contributed by atoms with Gasteiger partial charge in [-0.25, -0.2) is 0 Å². The van der Waals surface area contributed by atoms with E-state index in [1.54, 1.807) is 0 Å². The van der Waals surface area contributed by atoms with Crippen LogP contribution in [0.2, 0.25) is 0 Å². The van der Waals surface area contributed by atoms with Crippen molar-refractivity contribution in [3.8, 4) is 0 Å². The first-order valence-corrected chi connectivity index (χ1v) is 6.61. The molecule has 0 aliphatic carbocycles. The minimum atomic E-state index is 0.333. The highest BCUT2D eigenvalue weighted by molar-refractivity contribution is 4.76. The van der Waals surface area contributed by atoms with Crippen LogP contribution in [0.25, 0.3) is 0 Å². The predicted molar refractivity (Wildman–Crippen MR) is 67.3 cm³/mol. The van der Waals surface area contributed by atoms with Crippen LogP contribution in [0, 0.1) is 0 Å². The van der Waals surface area contributed by atoms with Gasteiger partial charge in [-0.3, -0.25) is 0 Å². The van der Waals surface area contributed by atoms with Crippen molar-refractivity contribution in [1.82, 2.24) is 10.2 Å². The highest BCUT2D eigenvalue weighted by Crippen LogP contribution is 2.11. The van der Waals surface area contributed by atoms with Crippen molar-refractivity contribution in [2.75, 3.05) is 26.2 Å². The molecule has 0 aromatic heterocycles. The molecule has 0 aromatic carbocycles. The van der Waals surface area contributed by atoms with E-state index < -0.39 is 0 Å². The Morgan fingerprint density at radius 3 is 2.47 bits per heavy atom. The lowest BCUT2D eigenvalue weighted by atomic mass is 9.99. The summed E-state index contributed by atoms with van der Waals surface area (Å²) in [6.07, 6.45) is 6.67. The number of nitrogens with zero attached hydrogens (tertiary/aromatic N) is 1. The van der Waals surface area contributed by atoms with E-state index in [-0.39, 0.29) is 0 Å². The molecular weight excluding hydrogens is 184 g/mol. The summed E-state index contributed by atoms with van der Waals surface area (Å²) >= 11 is 0. The van der Waals surface area contributed by atoms with Gasteiger partial charge in [-0.15, -0.1) is 0 Å². The largest absolute Gasteiger partial charge is 0.312 e. The summed E-state index contributed by atoms with van der Waals surface area (Å²) in [7, 11) is 0. The van der Waals surface area contributed by atoms with E-state index in [1.807, 2.05) is 0 Å². The standard InChI is InChI=1S/C13H28N2/c1-4-8-13(2,3)14-9-7-12-15-10-5-6-11-15/h14H,4-12H2,1-3H3. The van der Waals surface area contributed by atoms with Gasteiger partial charge >= 0.3 is 0 Å². The number of rotatable bonds is 7. The molecule has 0 atom stereocenters. The Morgan fingerprint density at radius 2 is 1.87 bits per heavy atom. The molecule has 0 unspecified atom stereocenters. The summed E-state index contributed by atoms with van der Waals surface area (Å²) in [5, 5.41) is 3.66. The molecule has 15 heavy (non-hydrogen) atoms. The molecule has 1 heterocycles. The van der Waals surface area contributed by atoms with E-state index in [9.17, 15) is 0 Å². The zero-order valence-corrected chi connectivity index (χ0v) is 10.8. The summed E-state index contributed by atoms with van der Waals surface area (Å²) < 4.78 is 0. The molecule has 1 aliphatic heterocycles. The number of likely N-dealkylation sites (tertiary alicyclic amines) is 1. The van der Waals surface area contributed by atoms with Crippen molar-refractivity contribution >= 4 is 0 Å². The molecule has 1 rings (SSSR count). The summed E-state index contributed by atoms with van der Waals surface area (Å²) in [5.41, 5.74) is 0.333. The molecule has 1 fully saturated rings. The fourth-order valence-electron chi connectivity index (χ4n) is 2.45. The van der Waals surface area contributed by atoms with Gasteiger partial charge in [0.1, 0.15) is 0 Å². The Balaban J connectivity index is 2.00. The van der Waals surface area contributed by atoms with Crippen molar-refractivity contribution in [3.05, 3.63) is 0 Å². The van der Waals surface area contributed by atoms with E-state index >= 15 is 0 Å². The van der Waals surface area contributed by atoms with Crippen molar-refractivity contribution in [2.45, 2.75) is 58.4 Å². The van der Waals surface area contributed by atoms with Crippen molar-refractivity contribution in [2.24, 2.45) is 0 Å². The fourth-order valence-corrected chi connectivity index (χ4v) is 2.45. The first kappa shape index (κ1) is 13.0. The van der Waals surface area contributed by atoms with Gasteiger partial charge in [0.15, 0.2) is 0 Å². The second kappa shape index (κ2) is 6.49. The highest BCUT2D eigenvalue weighted by Gasteiger charge is 2.15. The summed E-state index contributed by atoms with van der Waals surface area (Å²) in [5.74, 6) is 0. The van der Waals surface area contributed by atoms with Crippen LogP contribution in [0.1, 0.15) is 52.9 Å². The van der Waals surface area contributed by atoms with Crippen molar-refractivity contribution in [3.63, 3.8) is 0 Å². The summed E-state index contributed by atoms with van der Waals surface area (Å²) in [4.78, 5) is 2.59. The molecule has 0 bridgehead atoms. The Bertz CT molecular complexity index is 160. The van der Waals surface area contributed by atoms with Gasteiger partial charge in [0.05, 0.1) is 0 Å². The molecule has 0 spiro atoms. The lowest BCUT2D eigenvalue weighted by Crippen LogP contribution is -2.40. The second-order valence-electron chi connectivity index (χ2n) is 5.46. The maximum Gasteiger partial charge on any atom is 0.0125 e. The maximum atomic E-state index is 3.66. The zero-order valence-electron chi connectivity index (χ0n) is 10.8. The normalized spacial score (nSPS) is 18.6. The van der Waals surface area contributed by atoms with Crippen molar-refractivity contribution < 1.29 is 0 Å². The molecule has 1 N–H and O–H groups in total. The van der Waals surface area contributed by atoms with Crippen LogP contribution in [0.5, 0.6) is 0 Å². The minimum absolute atomic E-state index is 0.333. The zero-order chi connectivity index (χ0) is 11.1. The van der Waals surface area contributed by atoms with E-state index in [0.717, 1.165) is 0 Å². The predicted octanol–water partition coefficient (Wildman–Crippen LogP) is 2.64. The lowest BCUT2D eigenvalue weighted by molar-refractivity contribution is 0.307. The molecule has 2 nitrogen and oxygen atoms in total. The third kappa shape index (κ3) is 5.53. The summed E-state index contributed by atoms with van der Waals surface area (Å²) in [6, 6.07) is 0. The Hall–Kier alpha value is -0.0800. The molecule has 2 heteroatoms. The summed E-state index contributed by atoms with van der Waals surface area (Å²) in [6.45, 7) is 12.0. The van der Waals surface area contributed by atoms with E-state index in [4.69, 9.17) is 0 Å². The Labute approximate surface area is 95.4 Å². The van der Waals surface area contributed by atoms with E-state index in [1.165, 1.54) is 58.3 Å². The topological polar surface area (TPSA) is 15.3 Å². The third-order valence-electron chi connectivity index (χ3n) is 3.33. The maximum absolute atomic E-state index is 3.66. The molecule has 1 saturated heterocycles. The average Bonchev–Trinajstić information content (AvgIpc) is 2.65. The average molecular weight is 212 g/mol. The minimum Gasteiger partial charge on any atom is -0.312 e. The first-order valence-electron chi connectivity index (χ1n) is 6.61. The van der Waals surface area contributed by atoms with Crippen LogP contribution in [0.3, 0.4) is 0 Å². The van der Waals surface area contributed by atoms with Gasteiger partial charge in [0, 0.05) is 5.54 Å². The van der Waals surface area contributed by atoms with Crippen LogP contribution in [0.4, 0.5) is 0 Å². The molecule has 0 saturated carbocycles. The Kier molecular flexibility index (Phi) is 5.62. The number of hydrogen-bond acceptors (Lipinski definition) is 2.